The fraction of sp³-hybridized carbons (Fsp3) is 0.484. The van der Waals surface area contributed by atoms with Crippen molar-refractivity contribution >= 4 is 62.8 Å². The molecule has 0 aliphatic carbocycles. The van der Waals surface area contributed by atoms with Crippen molar-refractivity contribution in [3.63, 3.8) is 0 Å². The topological polar surface area (TPSA) is 102 Å². The van der Waals surface area contributed by atoms with Crippen molar-refractivity contribution in [3.05, 3.63) is 52.5 Å². The summed E-state index contributed by atoms with van der Waals surface area (Å²) in [6.07, 6.45) is -1.92. The Morgan fingerprint density at radius 2 is 1.84 bits per heavy atom. The summed E-state index contributed by atoms with van der Waals surface area (Å²) in [5.41, 5.74) is 1.75. The van der Waals surface area contributed by atoms with E-state index >= 15 is 0 Å². The van der Waals surface area contributed by atoms with Crippen LogP contribution >= 0.6 is 23.1 Å². The van der Waals surface area contributed by atoms with Gasteiger partial charge in [0.2, 0.25) is 5.91 Å². The molecule has 1 atom stereocenters. The second-order valence-electron chi connectivity index (χ2n) is 11.9. The molecule has 230 valence electrons. The second kappa shape index (κ2) is 13.1. The van der Waals surface area contributed by atoms with Crippen LogP contribution in [0.25, 0.3) is 10.1 Å². The SMILES string of the molecule is CCOC(=O)C(OC(=O)OCC(C)(C)C)N1C(=O)Cc2cc(CCN3CCN(c4nsc5ccccc45)CC3)c(Cl)cc21. The van der Waals surface area contributed by atoms with E-state index in [2.05, 4.69) is 28.0 Å². The van der Waals surface area contributed by atoms with Crippen LogP contribution in [0.5, 0.6) is 0 Å². The Bertz CT molecular complexity index is 1500. The molecule has 43 heavy (non-hydrogen) atoms. The molecule has 0 radical (unpaired) electrons. The number of nitrogens with zero attached hydrogens (tertiary/aromatic N) is 4. The molecule has 0 spiro atoms. The van der Waals surface area contributed by atoms with Gasteiger partial charge in [-0.1, -0.05) is 50.6 Å². The van der Waals surface area contributed by atoms with Crippen LogP contribution in [0.2, 0.25) is 5.02 Å². The van der Waals surface area contributed by atoms with E-state index in [-0.39, 0.29) is 25.0 Å². The van der Waals surface area contributed by atoms with E-state index in [4.69, 9.17) is 30.2 Å². The highest BCUT2D eigenvalue weighted by molar-refractivity contribution is 7.13. The molecule has 1 amide bonds. The highest BCUT2D eigenvalue weighted by Crippen LogP contribution is 2.36. The summed E-state index contributed by atoms with van der Waals surface area (Å²) in [5, 5.41) is 1.68. The molecule has 1 fully saturated rings. The molecular formula is C31H37ClN4O6S. The van der Waals surface area contributed by atoms with Crippen LogP contribution in [-0.2, 0) is 36.6 Å². The molecular weight excluding hydrogens is 592 g/mol. The first-order valence-electron chi connectivity index (χ1n) is 14.5. The molecule has 1 unspecified atom stereocenters. The number of amides is 1. The van der Waals surface area contributed by atoms with Crippen molar-refractivity contribution in [3.8, 4) is 0 Å². The highest BCUT2D eigenvalue weighted by Gasteiger charge is 2.41. The maximum absolute atomic E-state index is 13.1. The smallest absolute Gasteiger partial charge is 0.462 e. The Morgan fingerprint density at radius 3 is 2.56 bits per heavy atom. The number of esters is 1. The van der Waals surface area contributed by atoms with Crippen molar-refractivity contribution < 1.29 is 28.6 Å². The van der Waals surface area contributed by atoms with Gasteiger partial charge in [0.1, 0.15) is 5.82 Å². The molecule has 2 aliphatic heterocycles. The second-order valence-corrected chi connectivity index (χ2v) is 13.1. The summed E-state index contributed by atoms with van der Waals surface area (Å²) < 4.78 is 21.5. The fourth-order valence-electron chi connectivity index (χ4n) is 5.24. The monoisotopic (exact) mass is 628 g/mol. The average molecular weight is 629 g/mol. The van der Waals surface area contributed by atoms with Crippen molar-refractivity contribution in [1.29, 1.82) is 0 Å². The van der Waals surface area contributed by atoms with Gasteiger partial charge in [-0.25, -0.2) is 9.59 Å². The van der Waals surface area contributed by atoms with E-state index < -0.39 is 24.3 Å². The quantitative estimate of drug-likeness (QED) is 0.293. The minimum atomic E-state index is -1.62. The Kier molecular flexibility index (Phi) is 9.43. The third kappa shape index (κ3) is 7.22. The molecule has 5 rings (SSSR count). The van der Waals surface area contributed by atoms with Gasteiger partial charge in [0.05, 0.1) is 30.0 Å². The fourth-order valence-corrected chi connectivity index (χ4v) is 6.29. The van der Waals surface area contributed by atoms with Crippen LogP contribution in [0.3, 0.4) is 0 Å². The van der Waals surface area contributed by atoms with Crippen molar-refractivity contribution in [2.24, 2.45) is 5.41 Å². The molecule has 0 bridgehead atoms. The van der Waals surface area contributed by atoms with E-state index in [1.54, 1.807) is 13.0 Å². The summed E-state index contributed by atoms with van der Waals surface area (Å²) in [6, 6.07) is 11.9. The molecule has 12 heteroatoms. The minimum absolute atomic E-state index is 0.0517. The normalized spacial score (nSPS) is 16.3. The van der Waals surface area contributed by atoms with Crippen LogP contribution in [0.1, 0.15) is 38.8 Å². The summed E-state index contributed by atoms with van der Waals surface area (Å²) >= 11 is 8.25. The molecule has 2 aromatic carbocycles. The van der Waals surface area contributed by atoms with Crippen LogP contribution in [0, 0.1) is 5.41 Å². The first-order chi connectivity index (χ1) is 20.5. The van der Waals surface area contributed by atoms with E-state index in [0.717, 1.165) is 49.0 Å². The van der Waals surface area contributed by atoms with Gasteiger partial charge in [0.15, 0.2) is 0 Å². The molecule has 1 aromatic heterocycles. The lowest BCUT2D eigenvalue weighted by atomic mass is 9.99. The summed E-state index contributed by atoms with van der Waals surface area (Å²) in [6.45, 7) is 11.9. The molecule has 3 heterocycles. The summed E-state index contributed by atoms with van der Waals surface area (Å²) in [5.74, 6) is -0.194. The Balaban J connectivity index is 1.23. The van der Waals surface area contributed by atoms with Crippen LogP contribution in [-0.4, -0.2) is 79.5 Å². The number of fused-ring (bicyclic) bond motifs is 2. The predicted octanol–water partition coefficient (Wildman–Crippen LogP) is 5.29. The third-order valence-corrected chi connectivity index (χ3v) is 8.57. The first-order valence-corrected chi connectivity index (χ1v) is 15.6. The van der Waals surface area contributed by atoms with Gasteiger partial charge in [0.25, 0.3) is 6.23 Å². The lowest BCUT2D eigenvalue weighted by molar-refractivity contribution is -0.156. The largest absolute Gasteiger partial charge is 0.510 e. The minimum Gasteiger partial charge on any atom is -0.462 e. The number of ether oxygens (including phenoxy) is 3. The molecule has 10 nitrogen and oxygen atoms in total. The number of halogens is 1. The zero-order valence-corrected chi connectivity index (χ0v) is 26.5. The number of carbonyl (C=O) groups excluding carboxylic acids is 3. The van der Waals surface area contributed by atoms with E-state index in [0.29, 0.717) is 22.7 Å². The molecule has 2 aliphatic rings. The number of anilines is 2. The molecule has 0 saturated carbocycles. The summed E-state index contributed by atoms with van der Waals surface area (Å²) in [7, 11) is 0. The van der Waals surface area contributed by atoms with Gasteiger partial charge in [-0.05, 0) is 59.6 Å². The standard InChI is InChI=1S/C31H37ClN4O6S/c1-5-40-29(38)28(42-30(39)41-19-31(2,3)4)36-24-18-23(32)20(16-21(24)17-26(36)37)10-11-34-12-14-35(15-13-34)27-22-8-6-7-9-25(22)43-33-27/h6-9,16,18,28H,5,10-15,17,19H2,1-4H3. The van der Waals surface area contributed by atoms with Gasteiger partial charge in [0, 0.05) is 43.1 Å². The van der Waals surface area contributed by atoms with E-state index in [1.807, 2.05) is 32.9 Å². The number of benzene rings is 2. The number of piperazine rings is 1. The Labute approximate surface area is 260 Å². The van der Waals surface area contributed by atoms with Crippen LogP contribution in [0.4, 0.5) is 16.3 Å². The number of hydrogen-bond donors (Lipinski definition) is 0. The van der Waals surface area contributed by atoms with Crippen LogP contribution in [0.15, 0.2) is 36.4 Å². The van der Waals surface area contributed by atoms with Crippen molar-refractivity contribution in [2.75, 3.05) is 55.7 Å². The highest BCUT2D eigenvalue weighted by atomic mass is 35.5. The maximum Gasteiger partial charge on any atom is 0.510 e. The van der Waals surface area contributed by atoms with E-state index in [9.17, 15) is 14.4 Å². The summed E-state index contributed by atoms with van der Waals surface area (Å²) in [4.78, 5) is 44.3. The lowest BCUT2D eigenvalue weighted by Gasteiger charge is -2.35. The van der Waals surface area contributed by atoms with E-state index in [1.165, 1.54) is 21.6 Å². The number of aromatic nitrogens is 1. The zero-order valence-electron chi connectivity index (χ0n) is 24.9. The van der Waals surface area contributed by atoms with Gasteiger partial charge in [-0.3, -0.25) is 14.6 Å². The van der Waals surface area contributed by atoms with Crippen LogP contribution < -0.4 is 9.80 Å². The maximum atomic E-state index is 13.1. The van der Waals surface area contributed by atoms with Gasteiger partial charge < -0.3 is 19.1 Å². The van der Waals surface area contributed by atoms with Crippen molar-refractivity contribution in [2.45, 2.75) is 46.8 Å². The molecule has 3 aromatic rings. The number of hydrogen-bond acceptors (Lipinski definition) is 10. The third-order valence-electron chi connectivity index (χ3n) is 7.40. The number of carbonyl (C=O) groups is 3. The average Bonchev–Trinajstić information content (AvgIpc) is 3.54. The lowest BCUT2D eigenvalue weighted by Crippen LogP contribution is -2.47. The number of rotatable bonds is 9. The van der Waals surface area contributed by atoms with Crippen molar-refractivity contribution in [1.82, 2.24) is 9.27 Å². The predicted molar refractivity (Wildman–Crippen MR) is 167 cm³/mol. The van der Waals surface area contributed by atoms with Gasteiger partial charge >= 0.3 is 12.1 Å². The van der Waals surface area contributed by atoms with Gasteiger partial charge in [-0.15, -0.1) is 0 Å². The zero-order chi connectivity index (χ0) is 30.7. The Hall–Kier alpha value is -3.41. The molecule has 0 N–H and O–H groups in total. The first kappa shape index (κ1) is 31.0. The van der Waals surface area contributed by atoms with Gasteiger partial charge in [-0.2, -0.15) is 4.37 Å². The molecule has 1 saturated heterocycles. The Morgan fingerprint density at radius 1 is 1.09 bits per heavy atom.